The van der Waals surface area contributed by atoms with E-state index in [1.54, 1.807) is 19.2 Å². The molecule has 1 unspecified atom stereocenters. The van der Waals surface area contributed by atoms with E-state index in [0.717, 1.165) is 23.4 Å². The second-order valence-electron chi connectivity index (χ2n) is 7.33. The van der Waals surface area contributed by atoms with Gasteiger partial charge in [-0.3, -0.25) is 4.90 Å². The molecule has 154 valence electrons. The van der Waals surface area contributed by atoms with Crippen LogP contribution in [0.4, 0.5) is 4.39 Å². The van der Waals surface area contributed by atoms with Gasteiger partial charge in [-0.1, -0.05) is 42.5 Å². The van der Waals surface area contributed by atoms with E-state index in [9.17, 15) is 9.50 Å². The second-order valence-corrected chi connectivity index (χ2v) is 7.33. The summed E-state index contributed by atoms with van der Waals surface area (Å²) in [7, 11) is 1.69. The van der Waals surface area contributed by atoms with Crippen molar-refractivity contribution in [1.29, 1.82) is 0 Å². The minimum atomic E-state index is -0.458. The Kier molecular flexibility index (Phi) is 7.99. The van der Waals surface area contributed by atoms with E-state index in [0.29, 0.717) is 32.7 Å². The number of aromatic nitrogens is 1. The molecule has 5 heteroatoms. The third kappa shape index (κ3) is 6.82. The number of ether oxygens (including phenoxy) is 1. The van der Waals surface area contributed by atoms with Gasteiger partial charge >= 0.3 is 0 Å². The second kappa shape index (κ2) is 10.9. The molecule has 0 aliphatic heterocycles. The quantitative estimate of drug-likeness (QED) is 0.537. The number of hydrogen-bond acceptors (Lipinski definition) is 3. The van der Waals surface area contributed by atoms with Crippen LogP contribution in [0.5, 0.6) is 0 Å². The fourth-order valence-corrected chi connectivity index (χ4v) is 3.51. The fraction of sp³-hybridized carbons (Fsp3) is 0.333. The summed E-state index contributed by atoms with van der Waals surface area (Å²) in [4.78, 5) is 2.20. The first-order chi connectivity index (χ1) is 14.1. The Morgan fingerprint density at radius 3 is 2.59 bits per heavy atom. The first-order valence-electron chi connectivity index (χ1n) is 9.96. The Bertz CT molecular complexity index is 866. The van der Waals surface area contributed by atoms with E-state index in [4.69, 9.17) is 4.74 Å². The Morgan fingerprint density at radius 1 is 1.03 bits per heavy atom. The molecule has 1 aromatic heterocycles. The van der Waals surface area contributed by atoms with Crippen LogP contribution >= 0.6 is 0 Å². The first-order valence-corrected chi connectivity index (χ1v) is 9.96. The van der Waals surface area contributed by atoms with Gasteiger partial charge in [0.1, 0.15) is 5.82 Å². The van der Waals surface area contributed by atoms with Crippen LogP contribution in [-0.2, 0) is 24.2 Å². The molecule has 1 N–H and O–H groups in total. The molecule has 3 aromatic rings. The number of halogens is 1. The number of nitrogens with zero attached hydrogens (tertiary/aromatic N) is 2. The SMILES string of the molecule is COCCN(Cc1cccn1Cc1cccc(F)c1)CC(O)Cc1ccccc1. The number of hydrogen-bond donors (Lipinski definition) is 1. The average Bonchev–Trinajstić information content (AvgIpc) is 3.13. The van der Waals surface area contributed by atoms with Crippen molar-refractivity contribution < 1.29 is 14.2 Å². The molecular formula is C24H29FN2O2. The highest BCUT2D eigenvalue weighted by Crippen LogP contribution is 2.13. The van der Waals surface area contributed by atoms with Crippen LogP contribution in [0.15, 0.2) is 72.9 Å². The maximum atomic E-state index is 13.5. The number of methoxy groups -OCH3 is 1. The van der Waals surface area contributed by atoms with Crippen LogP contribution < -0.4 is 0 Å². The zero-order valence-corrected chi connectivity index (χ0v) is 16.9. The Balaban J connectivity index is 1.64. The van der Waals surface area contributed by atoms with Gasteiger partial charge in [0.05, 0.1) is 12.7 Å². The zero-order valence-electron chi connectivity index (χ0n) is 16.9. The summed E-state index contributed by atoms with van der Waals surface area (Å²) >= 11 is 0. The van der Waals surface area contributed by atoms with Crippen molar-refractivity contribution in [2.75, 3.05) is 26.8 Å². The molecule has 29 heavy (non-hydrogen) atoms. The molecule has 0 fully saturated rings. The topological polar surface area (TPSA) is 37.6 Å². The summed E-state index contributed by atoms with van der Waals surface area (Å²) in [5.41, 5.74) is 3.17. The molecule has 1 heterocycles. The normalized spacial score (nSPS) is 12.4. The number of aliphatic hydroxyl groups is 1. The highest BCUT2D eigenvalue weighted by Gasteiger charge is 2.15. The highest BCUT2D eigenvalue weighted by atomic mass is 19.1. The minimum absolute atomic E-state index is 0.220. The molecule has 3 rings (SSSR count). The Morgan fingerprint density at radius 2 is 1.83 bits per heavy atom. The van der Waals surface area contributed by atoms with Gasteiger partial charge in [0.2, 0.25) is 0 Å². The monoisotopic (exact) mass is 396 g/mol. The molecule has 0 bridgehead atoms. The predicted octanol–water partition coefficient (Wildman–Crippen LogP) is 3.73. The van der Waals surface area contributed by atoms with E-state index in [-0.39, 0.29) is 5.82 Å². The van der Waals surface area contributed by atoms with Crippen molar-refractivity contribution in [3.05, 3.63) is 95.6 Å². The van der Waals surface area contributed by atoms with Crippen LogP contribution in [0, 0.1) is 5.82 Å². The molecule has 2 aromatic carbocycles. The van der Waals surface area contributed by atoms with Crippen molar-refractivity contribution >= 4 is 0 Å². The molecule has 0 saturated heterocycles. The van der Waals surface area contributed by atoms with Crippen molar-refractivity contribution in [2.45, 2.75) is 25.6 Å². The smallest absolute Gasteiger partial charge is 0.123 e. The van der Waals surface area contributed by atoms with Crippen molar-refractivity contribution in [2.24, 2.45) is 0 Å². The van der Waals surface area contributed by atoms with Gasteiger partial charge < -0.3 is 14.4 Å². The van der Waals surface area contributed by atoms with Gasteiger partial charge in [-0.2, -0.15) is 0 Å². The Hall–Kier alpha value is -2.47. The highest BCUT2D eigenvalue weighted by molar-refractivity contribution is 5.19. The maximum absolute atomic E-state index is 13.5. The largest absolute Gasteiger partial charge is 0.391 e. The standard InChI is InChI=1S/C24H29FN2O2/c1-29-14-13-26(19-24(28)16-20-7-3-2-4-8-20)18-23-11-6-12-27(23)17-21-9-5-10-22(25)15-21/h2-12,15,24,28H,13-14,16-19H2,1H3. The lowest BCUT2D eigenvalue weighted by atomic mass is 10.1. The van der Waals surface area contributed by atoms with Gasteiger partial charge in [-0.05, 0) is 41.8 Å². The number of benzene rings is 2. The summed E-state index contributed by atoms with van der Waals surface area (Å²) in [5.74, 6) is -0.220. The van der Waals surface area contributed by atoms with Crippen molar-refractivity contribution in [3.8, 4) is 0 Å². The fourth-order valence-electron chi connectivity index (χ4n) is 3.51. The maximum Gasteiger partial charge on any atom is 0.123 e. The van der Waals surface area contributed by atoms with E-state index in [2.05, 4.69) is 15.5 Å². The summed E-state index contributed by atoms with van der Waals surface area (Å²) < 4.78 is 20.9. The number of aliphatic hydroxyl groups excluding tert-OH is 1. The first kappa shape index (κ1) is 21.2. The molecular weight excluding hydrogens is 367 g/mol. The van der Waals surface area contributed by atoms with Gasteiger partial charge in [0.25, 0.3) is 0 Å². The molecule has 1 atom stereocenters. The van der Waals surface area contributed by atoms with Gasteiger partial charge in [0, 0.05) is 45.2 Å². The predicted molar refractivity (Wildman–Crippen MR) is 113 cm³/mol. The molecule has 0 radical (unpaired) electrons. The summed E-state index contributed by atoms with van der Waals surface area (Å²) in [5, 5.41) is 10.6. The lowest BCUT2D eigenvalue weighted by Crippen LogP contribution is -2.36. The Labute approximate surface area is 172 Å². The van der Waals surface area contributed by atoms with Crippen LogP contribution in [0.1, 0.15) is 16.8 Å². The van der Waals surface area contributed by atoms with Crippen molar-refractivity contribution in [3.63, 3.8) is 0 Å². The van der Waals surface area contributed by atoms with Gasteiger partial charge in [-0.15, -0.1) is 0 Å². The summed E-state index contributed by atoms with van der Waals surface area (Å²) in [6.07, 6.45) is 2.17. The lowest BCUT2D eigenvalue weighted by Gasteiger charge is -2.25. The molecule has 0 aliphatic carbocycles. The molecule has 0 amide bonds. The van der Waals surface area contributed by atoms with Crippen LogP contribution in [0.2, 0.25) is 0 Å². The third-order valence-electron chi connectivity index (χ3n) is 4.95. The lowest BCUT2D eigenvalue weighted by molar-refractivity contribution is 0.0839. The van der Waals surface area contributed by atoms with E-state index >= 15 is 0 Å². The third-order valence-corrected chi connectivity index (χ3v) is 4.95. The number of rotatable bonds is 11. The molecule has 4 nitrogen and oxygen atoms in total. The summed E-state index contributed by atoms with van der Waals surface area (Å²) in [6.45, 7) is 3.20. The van der Waals surface area contributed by atoms with Crippen LogP contribution in [0.25, 0.3) is 0 Å². The van der Waals surface area contributed by atoms with Crippen LogP contribution in [0.3, 0.4) is 0 Å². The average molecular weight is 397 g/mol. The molecule has 0 saturated carbocycles. The van der Waals surface area contributed by atoms with E-state index in [1.807, 2.05) is 48.7 Å². The van der Waals surface area contributed by atoms with Gasteiger partial charge in [0.15, 0.2) is 0 Å². The zero-order chi connectivity index (χ0) is 20.5. The molecule has 0 aliphatic rings. The van der Waals surface area contributed by atoms with E-state index < -0.39 is 6.10 Å². The minimum Gasteiger partial charge on any atom is -0.391 e. The van der Waals surface area contributed by atoms with Gasteiger partial charge in [-0.25, -0.2) is 4.39 Å². The summed E-state index contributed by atoms with van der Waals surface area (Å²) in [6, 6.07) is 20.8. The molecule has 0 spiro atoms. The van der Waals surface area contributed by atoms with Crippen LogP contribution in [-0.4, -0.2) is 47.5 Å². The van der Waals surface area contributed by atoms with E-state index in [1.165, 1.54) is 6.07 Å². The van der Waals surface area contributed by atoms with Crippen molar-refractivity contribution in [1.82, 2.24) is 9.47 Å².